The summed E-state index contributed by atoms with van der Waals surface area (Å²) in [6, 6.07) is 0.345. The van der Waals surface area contributed by atoms with E-state index in [1.54, 1.807) is 0 Å². The Morgan fingerprint density at radius 3 is 2.75 bits per heavy atom. The lowest BCUT2D eigenvalue weighted by Crippen LogP contribution is -2.39. The Labute approximate surface area is 96.1 Å². The van der Waals surface area contributed by atoms with Gasteiger partial charge in [0.2, 0.25) is 0 Å². The van der Waals surface area contributed by atoms with E-state index in [2.05, 4.69) is 40.6 Å². The van der Waals surface area contributed by atoms with E-state index in [1.807, 2.05) is 0 Å². The summed E-state index contributed by atoms with van der Waals surface area (Å²) in [5.74, 6) is 0.414. The Hall–Kier alpha value is -1.06. The second-order valence-electron chi connectivity index (χ2n) is 4.76. The number of likely N-dealkylation sites (tertiary alicyclic amines) is 1. The number of nitrogens with zero attached hydrogens (tertiary/aromatic N) is 1. The number of hydrogen-bond acceptors (Lipinski definition) is 3. The fourth-order valence-electron chi connectivity index (χ4n) is 2.72. The fourth-order valence-corrected chi connectivity index (χ4v) is 2.72. The van der Waals surface area contributed by atoms with Crippen LogP contribution in [0, 0.1) is 5.92 Å². The van der Waals surface area contributed by atoms with Crippen LogP contribution in [0.2, 0.25) is 0 Å². The highest BCUT2D eigenvalue weighted by Crippen LogP contribution is 2.26. The molecular weight excluding hydrogens is 200 g/mol. The molecule has 2 N–H and O–H groups in total. The first kappa shape index (κ1) is 10.1. The smallest absolute Gasteiger partial charge is 0.147 e. The second-order valence-corrected chi connectivity index (χ2v) is 4.76. The average Bonchev–Trinajstić information content (AvgIpc) is 2.97. The normalized spacial score (nSPS) is 34.7. The Kier molecular flexibility index (Phi) is 2.58. The van der Waals surface area contributed by atoms with Crippen molar-refractivity contribution in [1.82, 2.24) is 10.2 Å². The summed E-state index contributed by atoms with van der Waals surface area (Å²) >= 11 is 0. The van der Waals surface area contributed by atoms with Crippen molar-refractivity contribution < 1.29 is 5.11 Å². The third-order valence-electron chi connectivity index (χ3n) is 3.65. The maximum Gasteiger partial charge on any atom is 0.147 e. The molecule has 0 aromatic carbocycles. The van der Waals surface area contributed by atoms with Crippen molar-refractivity contribution in [2.45, 2.75) is 25.1 Å². The Morgan fingerprint density at radius 1 is 1.25 bits per heavy atom. The van der Waals surface area contributed by atoms with Gasteiger partial charge >= 0.3 is 0 Å². The first-order valence-electron chi connectivity index (χ1n) is 6.10. The highest BCUT2D eigenvalue weighted by Gasteiger charge is 2.30. The maximum absolute atomic E-state index is 10.2. The van der Waals surface area contributed by atoms with Gasteiger partial charge in [0.05, 0.1) is 11.7 Å². The summed E-state index contributed by atoms with van der Waals surface area (Å²) in [6.45, 7) is 2.03. The zero-order valence-corrected chi connectivity index (χ0v) is 9.34. The standard InChI is InChI=1S/C13H18N2O/c16-13(15-7-3-4-8-15)12-9-10-5-1-2-6-11(10)14-12/h1-2,5-6,9-11,13-14,16H,3-4,7-8H2/t10-,11?,13?/m1/s1. The Bertz CT molecular complexity index is 353. The predicted molar refractivity (Wildman–Crippen MR) is 63.6 cm³/mol. The van der Waals surface area contributed by atoms with E-state index in [0.29, 0.717) is 12.0 Å². The molecule has 3 atom stereocenters. The van der Waals surface area contributed by atoms with E-state index in [1.165, 1.54) is 12.8 Å². The van der Waals surface area contributed by atoms with E-state index >= 15 is 0 Å². The molecule has 2 unspecified atom stereocenters. The van der Waals surface area contributed by atoms with Crippen LogP contribution in [0.5, 0.6) is 0 Å². The molecule has 0 spiro atoms. The predicted octanol–water partition coefficient (Wildman–Crippen LogP) is 0.998. The highest BCUT2D eigenvalue weighted by molar-refractivity contribution is 5.30. The van der Waals surface area contributed by atoms with E-state index in [4.69, 9.17) is 0 Å². The number of fused-ring (bicyclic) bond motifs is 1. The van der Waals surface area contributed by atoms with Crippen LogP contribution in [0.15, 0.2) is 36.1 Å². The van der Waals surface area contributed by atoms with Gasteiger partial charge in [-0.15, -0.1) is 0 Å². The van der Waals surface area contributed by atoms with Gasteiger partial charge in [-0.25, -0.2) is 0 Å². The van der Waals surface area contributed by atoms with Gasteiger partial charge in [0.15, 0.2) is 0 Å². The Morgan fingerprint density at radius 2 is 2.00 bits per heavy atom. The molecule has 2 heterocycles. The molecule has 1 saturated heterocycles. The van der Waals surface area contributed by atoms with Crippen molar-refractivity contribution in [3.8, 4) is 0 Å². The van der Waals surface area contributed by atoms with Crippen LogP contribution < -0.4 is 5.32 Å². The lowest BCUT2D eigenvalue weighted by molar-refractivity contribution is 0.0465. The van der Waals surface area contributed by atoms with Crippen LogP contribution in [0.4, 0.5) is 0 Å². The fraction of sp³-hybridized carbons (Fsp3) is 0.538. The zero-order valence-electron chi connectivity index (χ0n) is 9.34. The molecule has 1 aliphatic carbocycles. The van der Waals surface area contributed by atoms with Gasteiger partial charge in [-0.2, -0.15) is 0 Å². The van der Waals surface area contributed by atoms with Crippen molar-refractivity contribution in [2.75, 3.05) is 13.1 Å². The topological polar surface area (TPSA) is 35.5 Å². The molecule has 3 aliphatic rings. The Balaban J connectivity index is 1.71. The SMILES string of the molecule is OC(C1=C[C@H]2C=CC=CC2N1)N1CCCC1. The molecule has 3 heteroatoms. The molecular formula is C13H18N2O. The molecule has 0 radical (unpaired) electrons. The number of hydrogen-bond donors (Lipinski definition) is 2. The molecule has 1 fully saturated rings. The van der Waals surface area contributed by atoms with Crippen molar-refractivity contribution >= 4 is 0 Å². The molecule has 3 rings (SSSR count). The molecule has 0 amide bonds. The third kappa shape index (κ3) is 1.70. The molecule has 16 heavy (non-hydrogen) atoms. The van der Waals surface area contributed by atoms with Crippen LogP contribution in [-0.2, 0) is 0 Å². The largest absolute Gasteiger partial charge is 0.378 e. The average molecular weight is 218 g/mol. The summed E-state index contributed by atoms with van der Waals surface area (Å²) in [4.78, 5) is 2.14. The molecule has 0 aromatic rings. The minimum Gasteiger partial charge on any atom is -0.378 e. The van der Waals surface area contributed by atoms with Gasteiger partial charge in [-0.05, 0) is 12.8 Å². The summed E-state index contributed by atoms with van der Waals surface area (Å²) in [5.41, 5.74) is 0.980. The van der Waals surface area contributed by atoms with Crippen LogP contribution in [-0.4, -0.2) is 35.4 Å². The highest BCUT2D eigenvalue weighted by atomic mass is 16.3. The number of nitrogens with one attached hydrogen (secondary N) is 1. The monoisotopic (exact) mass is 218 g/mol. The summed E-state index contributed by atoms with van der Waals surface area (Å²) in [7, 11) is 0. The third-order valence-corrected chi connectivity index (χ3v) is 3.65. The molecule has 2 aliphatic heterocycles. The lowest BCUT2D eigenvalue weighted by atomic mass is 9.98. The van der Waals surface area contributed by atoms with Gasteiger partial charge in [-0.3, -0.25) is 4.90 Å². The van der Waals surface area contributed by atoms with E-state index in [-0.39, 0.29) is 0 Å². The van der Waals surface area contributed by atoms with E-state index < -0.39 is 6.23 Å². The van der Waals surface area contributed by atoms with Crippen LogP contribution in [0.25, 0.3) is 0 Å². The van der Waals surface area contributed by atoms with Crippen LogP contribution in [0.1, 0.15) is 12.8 Å². The summed E-state index contributed by atoms with van der Waals surface area (Å²) < 4.78 is 0. The number of aliphatic hydroxyl groups excluding tert-OH is 1. The van der Waals surface area contributed by atoms with Crippen molar-refractivity contribution in [2.24, 2.45) is 5.92 Å². The van der Waals surface area contributed by atoms with Gasteiger partial charge in [0.1, 0.15) is 6.23 Å². The van der Waals surface area contributed by atoms with E-state index in [0.717, 1.165) is 18.8 Å². The number of rotatable bonds is 2. The molecule has 0 aromatic heterocycles. The first-order chi connectivity index (χ1) is 7.84. The van der Waals surface area contributed by atoms with Gasteiger partial charge in [0.25, 0.3) is 0 Å². The lowest BCUT2D eigenvalue weighted by Gasteiger charge is -2.24. The van der Waals surface area contributed by atoms with Crippen LogP contribution >= 0.6 is 0 Å². The zero-order chi connectivity index (χ0) is 11.0. The van der Waals surface area contributed by atoms with Gasteiger partial charge in [0, 0.05) is 19.0 Å². The van der Waals surface area contributed by atoms with E-state index in [9.17, 15) is 5.11 Å². The maximum atomic E-state index is 10.2. The summed E-state index contributed by atoms with van der Waals surface area (Å²) in [5, 5.41) is 13.6. The molecule has 3 nitrogen and oxygen atoms in total. The van der Waals surface area contributed by atoms with Crippen molar-refractivity contribution in [3.05, 3.63) is 36.1 Å². The second kappa shape index (κ2) is 4.07. The van der Waals surface area contributed by atoms with Gasteiger partial charge in [-0.1, -0.05) is 30.4 Å². The first-order valence-corrected chi connectivity index (χ1v) is 6.10. The molecule has 0 saturated carbocycles. The molecule has 0 bridgehead atoms. The molecule has 86 valence electrons. The summed E-state index contributed by atoms with van der Waals surface area (Å²) in [6.07, 6.45) is 12.6. The van der Waals surface area contributed by atoms with Crippen LogP contribution in [0.3, 0.4) is 0 Å². The van der Waals surface area contributed by atoms with Gasteiger partial charge < -0.3 is 10.4 Å². The quantitative estimate of drug-likeness (QED) is 0.726. The number of aliphatic hydroxyl groups is 1. The minimum atomic E-state index is -0.435. The van der Waals surface area contributed by atoms with Crippen molar-refractivity contribution in [3.63, 3.8) is 0 Å². The minimum absolute atomic E-state index is 0.345. The van der Waals surface area contributed by atoms with Crippen molar-refractivity contribution in [1.29, 1.82) is 0 Å². The number of allylic oxidation sites excluding steroid dienone is 2.